The van der Waals surface area contributed by atoms with Crippen LogP contribution in [0.25, 0.3) is 0 Å². The SMILES string of the molecule is CCn1c([C@@H]2CCCN(C(=O)[C@@H]3C[C@@H]3C3CCC3)C2)n[nH]c1=S. The summed E-state index contributed by atoms with van der Waals surface area (Å²) < 4.78 is 2.76. The van der Waals surface area contributed by atoms with Crippen molar-refractivity contribution in [3.8, 4) is 0 Å². The van der Waals surface area contributed by atoms with Gasteiger partial charge in [-0.1, -0.05) is 19.3 Å². The largest absolute Gasteiger partial charge is 0.342 e. The maximum Gasteiger partial charge on any atom is 0.226 e. The molecule has 0 radical (unpaired) electrons. The van der Waals surface area contributed by atoms with Crippen LogP contribution in [0.5, 0.6) is 0 Å². The Morgan fingerprint density at radius 2 is 2.17 bits per heavy atom. The standard InChI is InChI=1S/C17H26N4OS/c1-2-21-15(18-19-17(21)23)12-7-4-8-20(10-12)16(22)14-9-13(14)11-5-3-6-11/h11-14H,2-10H2,1H3,(H,19,23)/t12-,13-,14-/m1/s1. The molecule has 0 spiro atoms. The van der Waals surface area contributed by atoms with E-state index in [4.69, 9.17) is 12.2 Å². The second-order valence-electron chi connectivity index (χ2n) is 7.45. The van der Waals surface area contributed by atoms with E-state index < -0.39 is 0 Å². The Bertz CT molecular complexity index is 647. The van der Waals surface area contributed by atoms with Gasteiger partial charge in [-0.3, -0.25) is 9.89 Å². The summed E-state index contributed by atoms with van der Waals surface area (Å²) in [7, 11) is 0. The molecule has 23 heavy (non-hydrogen) atoms. The van der Waals surface area contributed by atoms with E-state index in [1.54, 1.807) is 0 Å². The highest BCUT2D eigenvalue weighted by Gasteiger charge is 2.50. The number of nitrogens with one attached hydrogen (secondary N) is 1. The molecular formula is C17H26N4OS. The monoisotopic (exact) mass is 334 g/mol. The van der Waals surface area contributed by atoms with Gasteiger partial charge in [0.05, 0.1) is 0 Å². The van der Waals surface area contributed by atoms with Crippen LogP contribution >= 0.6 is 12.2 Å². The summed E-state index contributed by atoms with van der Waals surface area (Å²) in [6, 6.07) is 0. The Balaban J connectivity index is 1.43. The van der Waals surface area contributed by atoms with Gasteiger partial charge in [-0.25, -0.2) is 0 Å². The summed E-state index contributed by atoms with van der Waals surface area (Å²) >= 11 is 5.30. The lowest BCUT2D eigenvalue weighted by Crippen LogP contribution is -2.41. The van der Waals surface area contributed by atoms with Gasteiger partial charge in [0, 0.05) is 31.5 Å². The first kappa shape index (κ1) is 15.4. The van der Waals surface area contributed by atoms with E-state index in [1.165, 1.54) is 19.3 Å². The molecule has 6 heteroatoms. The minimum atomic E-state index is 0.321. The fourth-order valence-corrected chi connectivity index (χ4v) is 4.73. The first-order valence-corrected chi connectivity index (χ1v) is 9.53. The Morgan fingerprint density at radius 3 is 2.87 bits per heavy atom. The number of carbonyl (C=O) groups excluding carboxylic acids is 1. The van der Waals surface area contributed by atoms with Crippen LogP contribution in [0, 0.1) is 22.5 Å². The number of carbonyl (C=O) groups is 1. The number of rotatable bonds is 4. The van der Waals surface area contributed by atoms with Crippen molar-refractivity contribution in [1.29, 1.82) is 0 Å². The first-order valence-electron chi connectivity index (χ1n) is 9.13. The fraction of sp³-hybridized carbons (Fsp3) is 0.824. The highest BCUT2D eigenvalue weighted by atomic mass is 32.1. The van der Waals surface area contributed by atoms with Gasteiger partial charge < -0.3 is 9.47 Å². The van der Waals surface area contributed by atoms with Gasteiger partial charge in [-0.05, 0) is 50.2 Å². The molecule has 1 amide bonds. The van der Waals surface area contributed by atoms with Crippen molar-refractivity contribution in [2.45, 2.75) is 57.9 Å². The van der Waals surface area contributed by atoms with Crippen molar-refractivity contribution >= 4 is 18.1 Å². The zero-order valence-electron chi connectivity index (χ0n) is 13.8. The van der Waals surface area contributed by atoms with E-state index >= 15 is 0 Å². The Hall–Kier alpha value is -1.17. The van der Waals surface area contributed by atoms with Crippen LogP contribution in [0.4, 0.5) is 0 Å². The molecule has 5 nitrogen and oxygen atoms in total. The Morgan fingerprint density at radius 1 is 1.35 bits per heavy atom. The number of hydrogen-bond donors (Lipinski definition) is 1. The predicted molar refractivity (Wildman–Crippen MR) is 90.6 cm³/mol. The zero-order valence-corrected chi connectivity index (χ0v) is 14.6. The smallest absolute Gasteiger partial charge is 0.226 e. The number of piperidine rings is 1. The molecule has 3 atom stereocenters. The van der Waals surface area contributed by atoms with Crippen molar-refractivity contribution in [3.05, 3.63) is 10.6 Å². The third kappa shape index (κ3) is 2.75. The van der Waals surface area contributed by atoms with Crippen LogP contribution in [0.15, 0.2) is 0 Å². The minimum Gasteiger partial charge on any atom is -0.342 e. The van der Waals surface area contributed by atoms with E-state index in [-0.39, 0.29) is 0 Å². The lowest BCUT2D eigenvalue weighted by atomic mass is 9.81. The van der Waals surface area contributed by atoms with E-state index in [0.29, 0.717) is 28.4 Å². The van der Waals surface area contributed by atoms with Crippen molar-refractivity contribution in [2.24, 2.45) is 17.8 Å². The number of nitrogens with zero attached hydrogens (tertiary/aromatic N) is 3. The van der Waals surface area contributed by atoms with Crippen LogP contribution in [0.2, 0.25) is 0 Å². The summed E-state index contributed by atoms with van der Waals surface area (Å²) in [5, 5.41) is 7.35. The molecule has 0 unspecified atom stereocenters. The number of likely N-dealkylation sites (tertiary alicyclic amines) is 1. The molecule has 0 aromatic carbocycles. The van der Waals surface area contributed by atoms with Gasteiger partial charge in [0.25, 0.3) is 0 Å². The summed E-state index contributed by atoms with van der Waals surface area (Å²) in [6.45, 7) is 4.66. The molecular weight excluding hydrogens is 308 g/mol. The van der Waals surface area contributed by atoms with Gasteiger partial charge in [-0.2, -0.15) is 5.10 Å². The van der Waals surface area contributed by atoms with Crippen LogP contribution in [-0.4, -0.2) is 38.7 Å². The number of aromatic amines is 1. The van der Waals surface area contributed by atoms with E-state index in [2.05, 4.69) is 26.6 Å². The normalized spacial score (nSPS) is 31.0. The topological polar surface area (TPSA) is 53.9 Å². The summed E-state index contributed by atoms with van der Waals surface area (Å²) in [5.41, 5.74) is 0. The van der Waals surface area contributed by atoms with Gasteiger partial charge in [-0.15, -0.1) is 0 Å². The predicted octanol–water partition coefficient (Wildman–Crippen LogP) is 3.10. The highest BCUT2D eigenvalue weighted by Crippen LogP contribution is 2.52. The van der Waals surface area contributed by atoms with Crippen molar-refractivity contribution in [3.63, 3.8) is 0 Å². The average Bonchev–Trinajstić information content (AvgIpc) is 3.19. The lowest BCUT2D eigenvalue weighted by molar-refractivity contribution is -0.134. The number of H-pyrrole nitrogens is 1. The van der Waals surface area contributed by atoms with Crippen molar-refractivity contribution < 1.29 is 4.79 Å². The maximum atomic E-state index is 12.8. The second kappa shape index (κ2) is 6.04. The molecule has 4 rings (SSSR count). The fourth-order valence-electron chi connectivity index (χ4n) is 4.46. The summed E-state index contributed by atoms with van der Waals surface area (Å²) in [5.74, 6) is 3.63. The molecule has 1 N–H and O–H groups in total. The minimum absolute atomic E-state index is 0.321. The van der Waals surface area contributed by atoms with E-state index in [0.717, 1.165) is 50.6 Å². The quantitative estimate of drug-likeness (QED) is 0.861. The van der Waals surface area contributed by atoms with Gasteiger partial charge in [0.2, 0.25) is 5.91 Å². The molecule has 1 aliphatic heterocycles. The lowest BCUT2D eigenvalue weighted by Gasteiger charge is -2.33. The molecule has 2 heterocycles. The molecule has 3 aliphatic rings. The zero-order chi connectivity index (χ0) is 16.0. The number of hydrogen-bond acceptors (Lipinski definition) is 3. The van der Waals surface area contributed by atoms with Gasteiger partial charge in [0.15, 0.2) is 4.77 Å². The van der Waals surface area contributed by atoms with Gasteiger partial charge >= 0.3 is 0 Å². The maximum absolute atomic E-state index is 12.8. The number of aromatic nitrogens is 3. The molecule has 2 aliphatic carbocycles. The molecule has 2 saturated carbocycles. The second-order valence-corrected chi connectivity index (χ2v) is 7.84. The van der Waals surface area contributed by atoms with E-state index in [9.17, 15) is 4.79 Å². The molecule has 126 valence electrons. The Kier molecular flexibility index (Phi) is 4.03. The van der Waals surface area contributed by atoms with Gasteiger partial charge in [0.1, 0.15) is 5.82 Å². The van der Waals surface area contributed by atoms with Crippen LogP contribution < -0.4 is 0 Å². The molecule has 1 aromatic heterocycles. The molecule has 1 saturated heterocycles. The van der Waals surface area contributed by atoms with Crippen LogP contribution in [-0.2, 0) is 11.3 Å². The Labute approximate surface area is 142 Å². The summed E-state index contributed by atoms with van der Waals surface area (Å²) in [4.78, 5) is 14.9. The first-order chi connectivity index (χ1) is 11.2. The molecule has 1 aromatic rings. The van der Waals surface area contributed by atoms with Crippen LogP contribution in [0.3, 0.4) is 0 Å². The third-order valence-corrected chi connectivity index (χ3v) is 6.43. The molecule has 0 bridgehead atoms. The van der Waals surface area contributed by atoms with E-state index in [1.807, 2.05) is 0 Å². The highest BCUT2D eigenvalue weighted by molar-refractivity contribution is 7.71. The van der Waals surface area contributed by atoms with Crippen molar-refractivity contribution in [1.82, 2.24) is 19.7 Å². The summed E-state index contributed by atoms with van der Waals surface area (Å²) in [6.07, 6.45) is 7.37. The van der Waals surface area contributed by atoms with Crippen LogP contribution in [0.1, 0.15) is 57.2 Å². The van der Waals surface area contributed by atoms with Crippen molar-refractivity contribution in [2.75, 3.05) is 13.1 Å². The average molecular weight is 334 g/mol. The third-order valence-electron chi connectivity index (χ3n) is 6.11. The number of amides is 1. The molecule has 3 fully saturated rings.